The van der Waals surface area contributed by atoms with Crippen LogP contribution in [0.15, 0.2) is 42.5 Å². The molecule has 1 aliphatic carbocycles. The van der Waals surface area contributed by atoms with Gasteiger partial charge in [-0.25, -0.2) is 5.01 Å². The number of aliphatic carboxylic acids is 1. The Balaban J connectivity index is 1.73. The van der Waals surface area contributed by atoms with Gasteiger partial charge in [0.15, 0.2) is 0 Å². The van der Waals surface area contributed by atoms with E-state index in [-0.39, 0.29) is 36.2 Å². The molecule has 7 nitrogen and oxygen atoms in total. The highest BCUT2D eigenvalue weighted by Crippen LogP contribution is 2.39. The number of amides is 2. The fraction of sp³-hybridized carbons (Fsp3) is 0.464. The molecule has 2 amide bonds. The lowest BCUT2D eigenvalue weighted by Crippen LogP contribution is -2.49. The number of hydrazine groups is 1. The Hall–Kier alpha value is -2.61. The molecule has 0 radical (unpaired) electrons. The van der Waals surface area contributed by atoms with Crippen LogP contribution in [0.2, 0.25) is 10.0 Å². The van der Waals surface area contributed by atoms with Crippen molar-refractivity contribution < 1.29 is 19.5 Å². The van der Waals surface area contributed by atoms with Crippen LogP contribution in [-0.2, 0) is 11.3 Å². The molecule has 1 fully saturated rings. The van der Waals surface area contributed by atoms with E-state index in [1.54, 1.807) is 30.3 Å². The molecule has 3 N–H and O–H groups in total. The van der Waals surface area contributed by atoms with Gasteiger partial charge in [0.25, 0.3) is 11.8 Å². The lowest BCUT2D eigenvalue weighted by molar-refractivity contribution is -0.136. The Morgan fingerprint density at radius 2 is 1.51 bits per heavy atom. The highest BCUT2D eigenvalue weighted by molar-refractivity contribution is 6.35. The predicted molar refractivity (Wildman–Crippen MR) is 146 cm³/mol. The standard InChI is InChI=1S/C28H35Cl2N3O4/c1-28(2,3)21-8-10-24(11-9-21)33(32-27(37)20-14-22(29)16-23(30)15-20)17-18-4-6-19(7-5-18)26(36)31-13-12-25(34)35/h4-7,14-16,21,24H,8-13,17H2,1-3H3,(H,31,36)(H,32,37)(H,34,35). The van der Waals surface area contributed by atoms with E-state index in [0.717, 1.165) is 31.2 Å². The fourth-order valence-electron chi connectivity index (χ4n) is 4.74. The third-order valence-corrected chi connectivity index (χ3v) is 7.36. The molecule has 200 valence electrons. The summed E-state index contributed by atoms with van der Waals surface area (Å²) >= 11 is 12.2. The van der Waals surface area contributed by atoms with E-state index in [1.807, 2.05) is 17.1 Å². The fourth-order valence-corrected chi connectivity index (χ4v) is 5.26. The van der Waals surface area contributed by atoms with Crippen LogP contribution >= 0.6 is 23.2 Å². The molecular formula is C28H35Cl2N3O4. The van der Waals surface area contributed by atoms with Crippen LogP contribution in [0.25, 0.3) is 0 Å². The van der Waals surface area contributed by atoms with E-state index in [2.05, 4.69) is 31.5 Å². The molecular weight excluding hydrogens is 513 g/mol. The van der Waals surface area contributed by atoms with Crippen LogP contribution in [0.1, 0.15) is 79.2 Å². The van der Waals surface area contributed by atoms with Gasteiger partial charge in [0, 0.05) is 40.3 Å². The van der Waals surface area contributed by atoms with Gasteiger partial charge in [0.1, 0.15) is 0 Å². The Kier molecular flexibility index (Phi) is 9.99. The van der Waals surface area contributed by atoms with Crippen molar-refractivity contribution in [2.75, 3.05) is 6.54 Å². The van der Waals surface area contributed by atoms with Crippen molar-refractivity contribution in [3.63, 3.8) is 0 Å². The normalized spacial score (nSPS) is 17.9. The Labute approximate surface area is 228 Å². The average molecular weight is 549 g/mol. The summed E-state index contributed by atoms with van der Waals surface area (Å²) in [6.45, 7) is 7.37. The summed E-state index contributed by atoms with van der Waals surface area (Å²) in [4.78, 5) is 36.1. The summed E-state index contributed by atoms with van der Waals surface area (Å²) in [6.07, 6.45) is 3.96. The molecule has 3 rings (SSSR count). The van der Waals surface area contributed by atoms with E-state index in [4.69, 9.17) is 28.3 Å². The number of halogens is 2. The maximum atomic E-state index is 13.1. The number of nitrogens with one attached hydrogen (secondary N) is 2. The monoisotopic (exact) mass is 547 g/mol. The van der Waals surface area contributed by atoms with Crippen molar-refractivity contribution in [1.82, 2.24) is 15.8 Å². The highest BCUT2D eigenvalue weighted by atomic mass is 35.5. The second kappa shape index (κ2) is 12.8. The number of carboxylic acid groups (broad SMARTS) is 1. The second-order valence-electron chi connectivity index (χ2n) is 10.7. The molecule has 0 atom stereocenters. The number of hydrogen-bond acceptors (Lipinski definition) is 4. The molecule has 2 aromatic rings. The first kappa shape index (κ1) is 29.0. The molecule has 37 heavy (non-hydrogen) atoms. The maximum absolute atomic E-state index is 13.1. The van der Waals surface area contributed by atoms with Crippen LogP contribution in [-0.4, -0.2) is 40.5 Å². The zero-order valence-corrected chi connectivity index (χ0v) is 23.0. The number of benzene rings is 2. The molecule has 0 aromatic heterocycles. The van der Waals surface area contributed by atoms with E-state index in [0.29, 0.717) is 33.6 Å². The molecule has 0 aliphatic heterocycles. The minimum atomic E-state index is -0.964. The summed E-state index contributed by atoms with van der Waals surface area (Å²) in [5, 5.41) is 14.1. The van der Waals surface area contributed by atoms with Crippen molar-refractivity contribution in [1.29, 1.82) is 0 Å². The topological polar surface area (TPSA) is 98.7 Å². The summed E-state index contributed by atoms with van der Waals surface area (Å²) in [6, 6.07) is 12.0. The van der Waals surface area contributed by atoms with Gasteiger partial charge in [0.05, 0.1) is 6.42 Å². The van der Waals surface area contributed by atoms with Crippen molar-refractivity contribution in [3.05, 3.63) is 69.2 Å². The van der Waals surface area contributed by atoms with Gasteiger partial charge in [-0.2, -0.15) is 0 Å². The SMILES string of the molecule is CC(C)(C)C1CCC(N(Cc2ccc(C(=O)NCCC(=O)O)cc2)NC(=O)c2cc(Cl)cc(Cl)c2)CC1. The van der Waals surface area contributed by atoms with Crippen LogP contribution < -0.4 is 10.7 Å². The van der Waals surface area contributed by atoms with Gasteiger partial charge < -0.3 is 10.4 Å². The molecule has 0 bridgehead atoms. The highest BCUT2D eigenvalue weighted by Gasteiger charge is 2.32. The van der Waals surface area contributed by atoms with E-state index >= 15 is 0 Å². The zero-order chi connectivity index (χ0) is 27.2. The van der Waals surface area contributed by atoms with Crippen molar-refractivity contribution in [3.8, 4) is 0 Å². The van der Waals surface area contributed by atoms with E-state index in [9.17, 15) is 14.4 Å². The van der Waals surface area contributed by atoms with E-state index < -0.39 is 5.97 Å². The first-order valence-corrected chi connectivity index (χ1v) is 13.3. The van der Waals surface area contributed by atoms with Crippen LogP contribution in [0.4, 0.5) is 0 Å². The molecule has 1 aliphatic rings. The predicted octanol–water partition coefficient (Wildman–Crippen LogP) is 5.95. The largest absolute Gasteiger partial charge is 0.481 e. The minimum absolute atomic E-state index is 0.0699. The van der Waals surface area contributed by atoms with Crippen LogP contribution in [0.5, 0.6) is 0 Å². The molecule has 0 saturated heterocycles. The maximum Gasteiger partial charge on any atom is 0.305 e. The summed E-state index contributed by atoms with van der Waals surface area (Å²) in [5.41, 5.74) is 5.10. The Morgan fingerprint density at radius 3 is 2.05 bits per heavy atom. The quantitative estimate of drug-likeness (QED) is 0.337. The van der Waals surface area contributed by atoms with E-state index in [1.165, 1.54) is 0 Å². The van der Waals surface area contributed by atoms with Gasteiger partial charge in [-0.05, 0) is 72.9 Å². The van der Waals surface area contributed by atoms with Crippen LogP contribution in [0, 0.1) is 11.3 Å². The van der Waals surface area contributed by atoms with Crippen molar-refractivity contribution in [2.24, 2.45) is 11.3 Å². The Morgan fingerprint density at radius 1 is 0.919 bits per heavy atom. The lowest BCUT2D eigenvalue weighted by Gasteiger charge is -2.41. The van der Waals surface area contributed by atoms with Gasteiger partial charge in [-0.1, -0.05) is 56.1 Å². The van der Waals surface area contributed by atoms with Gasteiger partial charge in [0.2, 0.25) is 0 Å². The number of carboxylic acids is 1. The molecule has 0 heterocycles. The first-order chi connectivity index (χ1) is 17.4. The summed E-state index contributed by atoms with van der Waals surface area (Å²) in [7, 11) is 0. The lowest BCUT2D eigenvalue weighted by atomic mass is 9.71. The molecule has 0 unspecified atom stereocenters. The van der Waals surface area contributed by atoms with Gasteiger partial charge in [-0.3, -0.25) is 19.8 Å². The Bertz CT molecular complexity index is 1090. The summed E-state index contributed by atoms with van der Waals surface area (Å²) in [5.74, 6) is -0.936. The number of rotatable bonds is 9. The second-order valence-corrected chi connectivity index (χ2v) is 11.6. The van der Waals surface area contributed by atoms with Gasteiger partial charge >= 0.3 is 5.97 Å². The third kappa shape index (κ3) is 8.73. The molecule has 1 saturated carbocycles. The van der Waals surface area contributed by atoms with Crippen molar-refractivity contribution in [2.45, 2.75) is 65.5 Å². The first-order valence-electron chi connectivity index (χ1n) is 12.5. The molecule has 2 aromatic carbocycles. The number of nitrogens with zero attached hydrogens (tertiary/aromatic N) is 1. The third-order valence-electron chi connectivity index (χ3n) is 6.93. The van der Waals surface area contributed by atoms with Gasteiger partial charge in [-0.15, -0.1) is 0 Å². The van der Waals surface area contributed by atoms with Crippen molar-refractivity contribution >= 4 is 41.0 Å². The number of carbonyl (C=O) groups is 3. The molecule has 9 heteroatoms. The average Bonchev–Trinajstić information content (AvgIpc) is 2.82. The van der Waals surface area contributed by atoms with Crippen LogP contribution in [0.3, 0.4) is 0 Å². The number of carbonyl (C=O) groups excluding carboxylic acids is 2. The smallest absolute Gasteiger partial charge is 0.305 e. The molecule has 0 spiro atoms. The summed E-state index contributed by atoms with van der Waals surface area (Å²) < 4.78 is 0. The number of hydrogen-bond donors (Lipinski definition) is 3. The minimum Gasteiger partial charge on any atom is -0.481 e. The zero-order valence-electron chi connectivity index (χ0n) is 21.5.